The highest BCUT2D eigenvalue weighted by Crippen LogP contribution is 2.16. The Balaban J connectivity index is 1.37. The molecule has 0 saturated carbocycles. The molecular weight excluding hydrogens is 414 g/mol. The second kappa shape index (κ2) is 10.6. The van der Waals surface area contributed by atoms with Crippen molar-refractivity contribution in [2.75, 3.05) is 26.7 Å². The first-order chi connectivity index (χ1) is 13.6. The minimum Gasteiger partial charge on any atom is -0.356 e. The lowest BCUT2D eigenvalue weighted by atomic mass is 10.0. The fraction of sp³-hybridized carbons (Fsp3) is 0.455. The molecule has 2 heterocycles. The molecule has 0 radical (unpaired) electrons. The second-order valence-electron chi connectivity index (χ2n) is 7.38. The fourth-order valence-electron chi connectivity index (χ4n) is 3.44. The number of hydrogen-bond acceptors (Lipinski definition) is 3. The van der Waals surface area contributed by atoms with Gasteiger partial charge in [0.2, 0.25) is 0 Å². The van der Waals surface area contributed by atoms with Crippen LogP contribution in [0.4, 0.5) is 0 Å². The second-order valence-corrected chi connectivity index (χ2v) is 8.29. The summed E-state index contributed by atoms with van der Waals surface area (Å²) in [5.41, 5.74) is 3.67. The van der Waals surface area contributed by atoms with E-state index in [4.69, 9.17) is 0 Å². The van der Waals surface area contributed by atoms with Crippen LogP contribution in [0.2, 0.25) is 0 Å². The Morgan fingerprint density at radius 3 is 2.50 bits per heavy atom. The number of benzene rings is 1. The molecule has 0 amide bonds. The monoisotopic (exact) mass is 443 g/mol. The number of aryl methyl sites for hydroxylation is 1. The van der Waals surface area contributed by atoms with Crippen molar-refractivity contribution in [3.05, 3.63) is 63.9 Å². The van der Waals surface area contributed by atoms with Gasteiger partial charge in [0.25, 0.3) is 0 Å². The molecule has 1 aromatic carbocycles. The molecule has 2 N–H and O–H groups in total. The lowest BCUT2D eigenvalue weighted by molar-refractivity contribution is 0.198. The smallest absolute Gasteiger partial charge is 0.191 e. The molecule has 5 nitrogen and oxygen atoms in total. The molecule has 0 bridgehead atoms. The van der Waals surface area contributed by atoms with E-state index < -0.39 is 0 Å². The van der Waals surface area contributed by atoms with Gasteiger partial charge in [-0.3, -0.25) is 14.9 Å². The maximum absolute atomic E-state index is 4.38. The van der Waals surface area contributed by atoms with Gasteiger partial charge in [0, 0.05) is 55.6 Å². The molecule has 3 rings (SSSR count). The van der Waals surface area contributed by atoms with Gasteiger partial charge in [0.1, 0.15) is 0 Å². The van der Waals surface area contributed by atoms with Crippen molar-refractivity contribution >= 4 is 21.9 Å². The van der Waals surface area contributed by atoms with Crippen LogP contribution in [0, 0.1) is 6.92 Å². The van der Waals surface area contributed by atoms with Crippen LogP contribution in [-0.2, 0) is 13.0 Å². The Morgan fingerprint density at radius 1 is 1.14 bits per heavy atom. The van der Waals surface area contributed by atoms with E-state index >= 15 is 0 Å². The Labute approximate surface area is 176 Å². The third kappa shape index (κ3) is 6.60. The molecule has 1 saturated heterocycles. The first-order valence-corrected chi connectivity index (χ1v) is 10.8. The quantitative estimate of drug-likeness (QED) is 0.529. The van der Waals surface area contributed by atoms with Gasteiger partial charge in [0.05, 0.1) is 0 Å². The minimum atomic E-state index is 0.480. The Bertz CT molecular complexity index is 750. The third-order valence-corrected chi connectivity index (χ3v) is 5.68. The predicted molar refractivity (Wildman–Crippen MR) is 120 cm³/mol. The molecule has 1 aliphatic heterocycles. The van der Waals surface area contributed by atoms with Crippen LogP contribution in [0.25, 0.3) is 0 Å². The van der Waals surface area contributed by atoms with Gasteiger partial charge in [0.15, 0.2) is 5.96 Å². The van der Waals surface area contributed by atoms with E-state index in [1.165, 1.54) is 11.1 Å². The average molecular weight is 444 g/mol. The summed E-state index contributed by atoms with van der Waals surface area (Å²) in [5, 5.41) is 7.01. The van der Waals surface area contributed by atoms with Gasteiger partial charge in [-0.25, -0.2) is 0 Å². The number of nitrogens with one attached hydrogen (secondary N) is 2. The van der Waals surface area contributed by atoms with E-state index in [0.29, 0.717) is 6.04 Å². The minimum absolute atomic E-state index is 0.480. The number of aliphatic imine (C=N–C) groups is 1. The van der Waals surface area contributed by atoms with E-state index in [1.54, 1.807) is 0 Å². The number of nitrogens with zero attached hydrogens (tertiary/aromatic N) is 3. The van der Waals surface area contributed by atoms with Crippen LogP contribution >= 0.6 is 15.9 Å². The van der Waals surface area contributed by atoms with Crippen LogP contribution in [-0.4, -0.2) is 48.6 Å². The topological polar surface area (TPSA) is 52.6 Å². The first-order valence-electron chi connectivity index (χ1n) is 9.98. The maximum Gasteiger partial charge on any atom is 0.191 e. The van der Waals surface area contributed by atoms with E-state index in [1.807, 2.05) is 20.2 Å². The molecular formula is C22H30BrN5. The zero-order chi connectivity index (χ0) is 19.8. The number of likely N-dealkylation sites (tertiary alicyclic amines) is 1. The largest absolute Gasteiger partial charge is 0.356 e. The third-order valence-electron chi connectivity index (χ3n) is 5.15. The van der Waals surface area contributed by atoms with Crippen LogP contribution in [0.15, 0.2) is 52.1 Å². The molecule has 1 fully saturated rings. The number of aromatic nitrogens is 1. The van der Waals surface area contributed by atoms with Crippen LogP contribution < -0.4 is 10.6 Å². The van der Waals surface area contributed by atoms with Gasteiger partial charge >= 0.3 is 0 Å². The Hall–Kier alpha value is -1.92. The van der Waals surface area contributed by atoms with Crippen molar-refractivity contribution in [1.29, 1.82) is 0 Å². The van der Waals surface area contributed by atoms with Gasteiger partial charge in [-0.15, -0.1) is 0 Å². The molecule has 150 valence electrons. The lowest BCUT2D eigenvalue weighted by Crippen LogP contribution is -2.48. The van der Waals surface area contributed by atoms with E-state index in [-0.39, 0.29) is 0 Å². The van der Waals surface area contributed by atoms with Crippen LogP contribution in [0.5, 0.6) is 0 Å². The number of piperidine rings is 1. The summed E-state index contributed by atoms with van der Waals surface area (Å²) >= 11 is 3.50. The predicted octanol–water partition coefficient (Wildman–Crippen LogP) is 3.52. The van der Waals surface area contributed by atoms with Crippen molar-refractivity contribution in [2.24, 2.45) is 4.99 Å². The standard InChI is InChI=1S/C22H30BrN5/c1-17-3-4-18(15-26-17)9-12-25-22(24-2)27-21-10-13-28(14-11-21)16-19-5-7-20(23)8-6-19/h3-8,15,21H,9-14,16H2,1-2H3,(H2,24,25,27). The Morgan fingerprint density at radius 2 is 1.86 bits per heavy atom. The molecule has 1 aliphatic rings. The van der Waals surface area contributed by atoms with Crippen molar-refractivity contribution in [3.8, 4) is 0 Å². The molecule has 2 aromatic rings. The number of guanidine groups is 1. The molecule has 0 aliphatic carbocycles. The average Bonchev–Trinajstić information content (AvgIpc) is 2.72. The summed E-state index contributed by atoms with van der Waals surface area (Å²) in [4.78, 5) is 11.3. The first kappa shape index (κ1) is 20.8. The van der Waals surface area contributed by atoms with E-state index in [9.17, 15) is 0 Å². The fourth-order valence-corrected chi connectivity index (χ4v) is 3.71. The maximum atomic E-state index is 4.38. The summed E-state index contributed by atoms with van der Waals surface area (Å²) in [7, 11) is 1.84. The van der Waals surface area contributed by atoms with Crippen molar-refractivity contribution in [1.82, 2.24) is 20.5 Å². The van der Waals surface area contributed by atoms with E-state index in [0.717, 1.165) is 61.6 Å². The lowest BCUT2D eigenvalue weighted by Gasteiger charge is -2.33. The zero-order valence-electron chi connectivity index (χ0n) is 16.8. The van der Waals surface area contributed by atoms with Gasteiger partial charge in [-0.1, -0.05) is 34.1 Å². The normalized spacial score (nSPS) is 16.2. The summed E-state index contributed by atoms with van der Waals surface area (Å²) in [6.07, 6.45) is 5.17. The number of rotatable bonds is 6. The summed E-state index contributed by atoms with van der Waals surface area (Å²) in [6.45, 7) is 6.11. The highest BCUT2D eigenvalue weighted by atomic mass is 79.9. The van der Waals surface area contributed by atoms with Gasteiger partial charge in [-0.05, 0) is 55.5 Å². The number of hydrogen-bond donors (Lipinski definition) is 2. The van der Waals surface area contributed by atoms with Gasteiger partial charge < -0.3 is 10.6 Å². The summed E-state index contributed by atoms with van der Waals surface area (Å²) in [5.74, 6) is 0.895. The molecule has 0 atom stereocenters. The Kier molecular flexibility index (Phi) is 7.86. The number of halogens is 1. The SMILES string of the molecule is CN=C(NCCc1ccc(C)nc1)NC1CCN(Cc2ccc(Br)cc2)CC1. The zero-order valence-corrected chi connectivity index (χ0v) is 18.4. The molecule has 6 heteroatoms. The van der Waals surface area contributed by atoms with Crippen LogP contribution in [0.3, 0.4) is 0 Å². The molecule has 28 heavy (non-hydrogen) atoms. The van der Waals surface area contributed by atoms with Crippen LogP contribution in [0.1, 0.15) is 29.7 Å². The number of pyridine rings is 1. The van der Waals surface area contributed by atoms with Gasteiger partial charge in [-0.2, -0.15) is 0 Å². The highest BCUT2D eigenvalue weighted by Gasteiger charge is 2.20. The summed E-state index contributed by atoms with van der Waals surface area (Å²) in [6, 6.07) is 13.3. The highest BCUT2D eigenvalue weighted by molar-refractivity contribution is 9.10. The molecule has 0 unspecified atom stereocenters. The van der Waals surface area contributed by atoms with Crippen molar-refractivity contribution in [3.63, 3.8) is 0 Å². The van der Waals surface area contributed by atoms with E-state index in [2.05, 4.69) is 77.8 Å². The summed E-state index contributed by atoms with van der Waals surface area (Å²) < 4.78 is 1.14. The van der Waals surface area contributed by atoms with Crippen molar-refractivity contribution in [2.45, 2.75) is 38.8 Å². The van der Waals surface area contributed by atoms with Crippen molar-refractivity contribution < 1.29 is 0 Å². The molecule has 0 spiro atoms. The molecule has 1 aromatic heterocycles.